The minimum absolute atomic E-state index is 0.0121. The van der Waals surface area contributed by atoms with Crippen molar-refractivity contribution >= 4 is 11.7 Å². The number of aryl methyl sites for hydroxylation is 2. The molecular weight excluding hydrogens is 294 g/mol. The first-order valence-electron chi connectivity index (χ1n) is 8.08. The molecule has 0 aromatic carbocycles. The molecule has 1 aliphatic rings. The van der Waals surface area contributed by atoms with Crippen LogP contribution in [0.15, 0.2) is 12.4 Å². The highest BCUT2D eigenvalue weighted by atomic mass is 16.1. The van der Waals surface area contributed by atoms with Crippen LogP contribution in [0.4, 0.5) is 5.82 Å². The molecule has 1 fully saturated rings. The summed E-state index contributed by atoms with van der Waals surface area (Å²) in [5, 5.41) is 18.6. The highest BCUT2D eigenvalue weighted by molar-refractivity contribution is 5.90. The first kappa shape index (κ1) is 15.6. The fourth-order valence-electron chi connectivity index (χ4n) is 3.44. The van der Waals surface area contributed by atoms with Crippen LogP contribution in [-0.4, -0.2) is 35.9 Å². The summed E-state index contributed by atoms with van der Waals surface area (Å²) >= 11 is 0. The van der Waals surface area contributed by atoms with E-state index in [-0.39, 0.29) is 11.3 Å². The van der Waals surface area contributed by atoms with E-state index in [0.717, 1.165) is 31.4 Å². The van der Waals surface area contributed by atoms with E-state index >= 15 is 0 Å². The van der Waals surface area contributed by atoms with Crippen LogP contribution in [-0.2, 0) is 18.4 Å². The van der Waals surface area contributed by atoms with Crippen LogP contribution in [0.5, 0.6) is 0 Å². The van der Waals surface area contributed by atoms with Gasteiger partial charge in [0.2, 0.25) is 5.91 Å². The standard InChI is InChI=1S/C15H23N7O/c1-12-8-13(18-21(12)2)17-14(23)9-15(6-4-3-5-7-15)10-22-11-16-19-20-22/h8,11H,3-7,9-10H2,1-2H3,(H,17,18,23). The van der Waals surface area contributed by atoms with Gasteiger partial charge in [0, 0.05) is 25.2 Å². The van der Waals surface area contributed by atoms with E-state index in [9.17, 15) is 4.79 Å². The van der Waals surface area contributed by atoms with Crippen molar-refractivity contribution in [1.82, 2.24) is 30.0 Å². The zero-order chi connectivity index (χ0) is 16.3. The molecular formula is C15H23N7O. The maximum Gasteiger partial charge on any atom is 0.226 e. The van der Waals surface area contributed by atoms with Crippen LogP contribution in [0.2, 0.25) is 0 Å². The second-order valence-corrected chi connectivity index (χ2v) is 6.59. The molecule has 2 aromatic heterocycles. The number of carbonyl (C=O) groups excluding carboxylic acids is 1. The van der Waals surface area contributed by atoms with Crippen molar-refractivity contribution in [2.75, 3.05) is 5.32 Å². The van der Waals surface area contributed by atoms with Gasteiger partial charge in [-0.3, -0.25) is 9.48 Å². The van der Waals surface area contributed by atoms with Crippen LogP contribution in [0.25, 0.3) is 0 Å². The molecule has 2 aromatic rings. The third kappa shape index (κ3) is 3.75. The Morgan fingerprint density at radius 3 is 2.74 bits per heavy atom. The molecule has 1 N–H and O–H groups in total. The van der Waals surface area contributed by atoms with Crippen LogP contribution in [0, 0.1) is 12.3 Å². The van der Waals surface area contributed by atoms with Crippen molar-refractivity contribution in [3.05, 3.63) is 18.1 Å². The third-order valence-corrected chi connectivity index (χ3v) is 4.72. The average molecular weight is 317 g/mol. The summed E-state index contributed by atoms with van der Waals surface area (Å²) < 4.78 is 3.50. The van der Waals surface area contributed by atoms with Crippen molar-refractivity contribution in [3.63, 3.8) is 0 Å². The van der Waals surface area contributed by atoms with E-state index < -0.39 is 0 Å². The number of hydrogen-bond donors (Lipinski definition) is 1. The van der Waals surface area contributed by atoms with Gasteiger partial charge in [0.15, 0.2) is 5.82 Å². The Balaban J connectivity index is 1.68. The van der Waals surface area contributed by atoms with Gasteiger partial charge in [-0.05, 0) is 35.6 Å². The maximum absolute atomic E-state index is 12.5. The molecule has 1 amide bonds. The van der Waals surface area contributed by atoms with Gasteiger partial charge >= 0.3 is 0 Å². The molecule has 124 valence electrons. The molecule has 0 radical (unpaired) electrons. The first-order chi connectivity index (χ1) is 11.1. The van der Waals surface area contributed by atoms with E-state index in [4.69, 9.17) is 0 Å². The Bertz CT molecular complexity index is 636. The number of nitrogens with zero attached hydrogens (tertiary/aromatic N) is 6. The molecule has 8 heteroatoms. The monoisotopic (exact) mass is 317 g/mol. The molecule has 0 atom stereocenters. The van der Waals surface area contributed by atoms with Crippen molar-refractivity contribution in [2.45, 2.75) is 52.0 Å². The first-order valence-corrected chi connectivity index (χ1v) is 8.08. The van der Waals surface area contributed by atoms with E-state index in [1.165, 1.54) is 6.42 Å². The Hall–Kier alpha value is -2.25. The van der Waals surface area contributed by atoms with E-state index in [0.29, 0.717) is 18.8 Å². The molecule has 8 nitrogen and oxygen atoms in total. The lowest BCUT2D eigenvalue weighted by atomic mass is 9.71. The Kier molecular flexibility index (Phi) is 4.40. The number of anilines is 1. The van der Waals surface area contributed by atoms with Gasteiger partial charge in [0.05, 0.1) is 6.54 Å². The summed E-state index contributed by atoms with van der Waals surface area (Å²) in [6, 6.07) is 1.88. The van der Waals surface area contributed by atoms with Crippen molar-refractivity contribution in [3.8, 4) is 0 Å². The predicted octanol–water partition coefficient (Wildman–Crippen LogP) is 1.69. The van der Waals surface area contributed by atoms with Gasteiger partial charge in [-0.15, -0.1) is 5.10 Å². The largest absolute Gasteiger partial charge is 0.309 e. The summed E-state index contributed by atoms with van der Waals surface area (Å²) in [6.07, 6.45) is 7.69. The molecule has 1 saturated carbocycles. The molecule has 3 rings (SSSR count). The van der Waals surface area contributed by atoms with Gasteiger partial charge in [-0.1, -0.05) is 19.3 Å². The lowest BCUT2D eigenvalue weighted by Gasteiger charge is -2.36. The topological polar surface area (TPSA) is 90.5 Å². The SMILES string of the molecule is Cc1cc(NC(=O)CC2(Cn3cnnn3)CCCCC2)nn1C. The molecule has 0 saturated heterocycles. The average Bonchev–Trinajstić information content (AvgIpc) is 3.10. The summed E-state index contributed by atoms with van der Waals surface area (Å²) in [6.45, 7) is 2.65. The Labute approximate surface area is 135 Å². The maximum atomic E-state index is 12.5. The van der Waals surface area contributed by atoms with Crippen LogP contribution in [0.3, 0.4) is 0 Å². The number of aromatic nitrogens is 6. The van der Waals surface area contributed by atoms with Gasteiger partial charge < -0.3 is 5.32 Å². The molecule has 0 bridgehead atoms. The molecule has 0 spiro atoms. The number of nitrogens with one attached hydrogen (secondary N) is 1. The minimum Gasteiger partial charge on any atom is -0.309 e. The summed E-state index contributed by atoms with van der Waals surface area (Å²) in [5.41, 5.74) is 0.947. The van der Waals surface area contributed by atoms with Gasteiger partial charge in [-0.2, -0.15) is 5.10 Å². The van der Waals surface area contributed by atoms with E-state index in [2.05, 4.69) is 25.9 Å². The Morgan fingerprint density at radius 1 is 1.35 bits per heavy atom. The van der Waals surface area contributed by atoms with E-state index in [1.54, 1.807) is 15.7 Å². The molecule has 2 heterocycles. The Morgan fingerprint density at radius 2 is 2.13 bits per heavy atom. The highest BCUT2D eigenvalue weighted by Crippen LogP contribution is 2.40. The lowest BCUT2D eigenvalue weighted by molar-refractivity contribution is -0.119. The molecule has 0 unspecified atom stereocenters. The third-order valence-electron chi connectivity index (χ3n) is 4.72. The van der Waals surface area contributed by atoms with Gasteiger partial charge in [0.25, 0.3) is 0 Å². The fraction of sp³-hybridized carbons (Fsp3) is 0.667. The molecule has 1 aliphatic carbocycles. The van der Waals surface area contributed by atoms with Crippen molar-refractivity contribution in [1.29, 1.82) is 0 Å². The number of hydrogen-bond acceptors (Lipinski definition) is 5. The summed E-state index contributed by atoms with van der Waals surface area (Å²) in [5.74, 6) is 0.626. The second kappa shape index (κ2) is 6.47. The smallest absolute Gasteiger partial charge is 0.226 e. The van der Waals surface area contributed by atoms with Gasteiger partial charge in [-0.25, -0.2) is 4.68 Å². The van der Waals surface area contributed by atoms with Crippen molar-refractivity contribution < 1.29 is 4.79 Å². The molecule has 0 aliphatic heterocycles. The number of carbonyl (C=O) groups is 1. The van der Waals surface area contributed by atoms with Crippen LogP contribution >= 0.6 is 0 Å². The zero-order valence-electron chi connectivity index (χ0n) is 13.7. The lowest BCUT2D eigenvalue weighted by Crippen LogP contribution is -2.34. The molecule has 23 heavy (non-hydrogen) atoms. The van der Waals surface area contributed by atoms with Crippen molar-refractivity contribution in [2.24, 2.45) is 12.5 Å². The second-order valence-electron chi connectivity index (χ2n) is 6.59. The number of rotatable bonds is 5. The quantitative estimate of drug-likeness (QED) is 0.906. The number of tetrazole rings is 1. The summed E-state index contributed by atoms with van der Waals surface area (Å²) in [7, 11) is 1.87. The fourth-order valence-corrected chi connectivity index (χ4v) is 3.44. The minimum atomic E-state index is -0.0679. The predicted molar refractivity (Wildman–Crippen MR) is 84.5 cm³/mol. The van der Waals surface area contributed by atoms with Gasteiger partial charge in [0.1, 0.15) is 6.33 Å². The highest BCUT2D eigenvalue weighted by Gasteiger charge is 2.35. The van der Waals surface area contributed by atoms with Crippen LogP contribution < -0.4 is 5.32 Å². The van der Waals surface area contributed by atoms with Crippen LogP contribution in [0.1, 0.15) is 44.2 Å². The summed E-state index contributed by atoms with van der Waals surface area (Å²) in [4.78, 5) is 12.5. The number of amides is 1. The van der Waals surface area contributed by atoms with E-state index in [1.807, 2.05) is 20.0 Å². The zero-order valence-corrected chi connectivity index (χ0v) is 13.7. The normalized spacial score (nSPS) is 17.1.